The van der Waals surface area contributed by atoms with E-state index in [1.165, 1.54) is 12.8 Å². The van der Waals surface area contributed by atoms with Crippen molar-refractivity contribution in [3.8, 4) is 0 Å². The van der Waals surface area contributed by atoms with E-state index in [0.717, 1.165) is 12.8 Å². The van der Waals surface area contributed by atoms with E-state index >= 15 is 0 Å². The van der Waals surface area contributed by atoms with Gasteiger partial charge in [0.2, 0.25) is 5.91 Å². The van der Waals surface area contributed by atoms with Gasteiger partial charge in [0.25, 0.3) is 0 Å². The number of nitrogens with one attached hydrogen (secondary N) is 2. The molecule has 1 aliphatic carbocycles. The third kappa shape index (κ3) is 5.14. The van der Waals surface area contributed by atoms with Crippen LogP contribution in [0.15, 0.2) is 0 Å². The summed E-state index contributed by atoms with van der Waals surface area (Å²) < 4.78 is 0. The van der Waals surface area contributed by atoms with Gasteiger partial charge in [-0.25, -0.2) is 0 Å². The highest BCUT2D eigenvalue weighted by Gasteiger charge is 2.16. The maximum absolute atomic E-state index is 11.4. The van der Waals surface area contributed by atoms with E-state index in [4.69, 9.17) is 5.11 Å². The fraction of sp³-hybridized carbons (Fsp3) is 0.909. The molecule has 1 amide bonds. The Labute approximate surface area is 91.4 Å². The van der Waals surface area contributed by atoms with E-state index in [9.17, 15) is 4.79 Å². The van der Waals surface area contributed by atoms with Crippen molar-refractivity contribution in [2.24, 2.45) is 5.92 Å². The molecule has 0 radical (unpaired) electrons. The van der Waals surface area contributed by atoms with Crippen molar-refractivity contribution in [1.82, 2.24) is 10.6 Å². The predicted octanol–water partition coefficient (Wildman–Crippen LogP) is 0.263. The standard InChI is InChI=1S/C11H22N2O2/c1-9(8-14)6-12-7-11(15)13-10-4-2-3-5-10/h9-10,12,14H,2-8H2,1H3,(H,13,15). The van der Waals surface area contributed by atoms with Crippen LogP contribution in [0.2, 0.25) is 0 Å². The number of aliphatic hydroxyl groups excluding tert-OH is 1. The predicted molar refractivity (Wildman–Crippen MR) is 59.5 cm³/mol. The van der Waals surface area contributed by atoms with Crippen molar-refractivity contribution in [1.29, 1.82) is 0 Å². The molecule has 15 heavy (non-hydrogen) atoms. The molecular formula is C11H22N2O2. The Kier molecular flexibility index (Phi) is 5.65. The van der Waals surface area contributed by atoms with Crippen LogP contribution in [0.25, 0.3) is 0 Å². The van der Waals surface area contributed by atoms with Gasteiger partial charge in [-0.15, -0.1) is 0 Å². The van der Waals surface area contributed by atoms with Crippen LogP contribution in [-0.4, -0.2) is 36.8 Å². The van der Waals surface area contributed by atoms with Crippen molar-refractivity contribution < 1.29 is 9.90 Å². The first-order valence-corrected chi connectivity index (χ1v) is 5.83. The average molecular weight is 214 g/mol. The van der Waals surface area contributed by atoms with Crippen molar-refractivity contribution >= 4 is 5.91 Å². The second-order valence-electron chi connectivity index (χ2n) is 4.47. The van der Waals surface area contributed by atoms with Crippen molar-refractivity contribution in [3.63, 3.8) is 0 Å². The first-order valence-electron chi connectivity index (χ1n) is 5.83. The lowest BCUT2D eigenvalue weighted by Crippen LogP contribution is -2.40. The van der Waals surface area contributed by atoms with Gasteiger partial charge in [-0.3, -0.25) is 4.79 Å². The number of aliphatic hydroxyl groups is 1. The highest BCUT2D eigenvalue weighted by atomic mass is 16.3. The van der Waals surface area contributed by atoms with E-state index in [0.29, 0.717) is 19.1 Å². The first-order chi connectivity index (χ1) is 7.22. The quantitative estimate of drug-likeness (QED) is 0.594. The third-order valence-electron chi connectivity index (χ3n) is 2.81. The Morgan fingerprint density at radius 2 is 2.13 bits per heavy atom. The van der Waals surface area contributed by atoms with Crippen LogP contribution in [0.3, 0.4) is 0 Å². The van der Waals surface area contributed by atoms with Crippen molar-refractivity contribution in [3.05, 3.63) is 0 Å². The molecule has 3 N–H and O–H groups in total. The second-order valence-corrected chi connectivity index (χ2v) is 4.47. The van der Waals surface area contributed by atoms with Gasteiger partial charge in [-0.05, 0) is 18.8 Å². The van der Waals surface area contributed by atoms with Gasteiger partial charge in [0.1, 0.15) is 0 Å². The molecule has 1 atom stereocenters. The minimum absolute atomic E-state index is 0.0760. The van der Waals surface area contributed by atoms with Gasteiger partial charge in [0.05, 0.1) is 6.54 Å². The SMILES string of the molecule is CC(CO)CNCC(=O)NC1CCCC1. The Morgan fingerprint density at radius 1 is 1.47 bits per heavy atom. The molecular weight excluding hydrogens is 192 g/mol. The molecule has 0 bridgehead atoms. The molecule has 88 valence electrons. The van der Waals surface area contributed by atoms with E-state index in [1.54, 1.807) is 0 Å². The summed E-state index contributed by atoms with van der Waals surface area (Å²) in [4.78, 5) is 11.4. The van der Waals surface area contributed by atoms with E-state index < -0.39 is 0 Å². The Bertz CT molecular complexity index is 191. The Hall–Kier alpha value is -0.610. The number of hydrogen-bond acceptors (Lipinski definition) is 3. The largest absolute Gasteiger partial charge is 0.396 e. The summed E-state index contributed by atoms with van der Waals surface area (Å²) in [6.45, 7) is 3.16. The topological polar surface area (TPSA) is 61.4 Å². The lowest BCUT2D eigenvalue weighted by Gasteiger charge is -2.13. The molecule has 4 nitrogen and oxygen atoms in total. The fourth-order valence-corrected chi connectivity index (χ4v) is 1.85. The maximum atomic E-state index is 11.4. The van der Waals surface area contributed by atoms with Gasteiger partial charge < -0.3 is 15.7 Å². The average Bonchev–Trinajstić information content (AvgIpc) is 2.70. The maximum Gasteiger partial charge on any atom is 0.234 e. The molecule has 0 spiro atoms. The zero-order valence-corrected chi connectivity index (χ0v) is 9.46. The van der Waals surface area contributed by atoms with Crippen LogP contribution in [0, 0.1) is 5.92 Å². The summed E-state index contributed by atoms with van der Waals surface area (Å²) in [6, 6.07) is 0.398. The highest BCUT2D eigenvalue weighted by molar-refractivity contribution is 5.78. The molecule has 0 aromatic heterocycles. The number of rotatable bonds is 6. The molecule has 1 rings (SSSR count). The van der Waals surface area contributed by atoms with Gasteiger partial charge in [0, 0.05) is 19.2 Å². The number of hydrogen-bond donors (Lipinski definition) is 3. The summed E-state index contributed by atoms with van der Waals surface area (Å²) in [6.07, 6.45) is 4.72. The smallest absolute Gasteiger partial charge is 0.234 e. The van der Waals surface area contributed by atoms with E-state index in [1.807, 2.05) is 6.92 Å². The van der Waals surface area contributed by atoms with Crippen LogP contribution in [0.4, 0.5) is 0 Å². The van der Waals surface area contributed by atoms with Gasteiger partial charge in [-0.2, -0.15) is 0 Å². The number of carbonyl (C=O) groups is 1. The lowest BCUT2D eigenvalue weighted by molar-refractivity contribution is -0.120. The van der Waals surface area contributed by atoms with Crippen LogP contribution < -0.4 is 10.6 Å². The van der Waals surface area contributed by atoms with Crippen molar-refractivity contribution in [2.75, 3.05) is 19.7 Å². The van der Waals surface area contributed by atoms with E-state index in [2.05, 4.69) is 10.6 Å². The molecule has 4 heteroatoms. The van der Waals surface area contributed by atoms with Gasteiger partial charge in [-0.1, -0.05) is 19.8 Å². The fourth-order valence-electron chi connectivity index (χ4n) is 1.85. The third-order valence-corrected chi connectivity index (χ3v) is 2.81. The monoisotopic (exact) mass is 214 g/mol. The normalized spacial score (nSPS) is 19.1. The highest BCUT2D eigenvalue weighted by Crippen LogP contribution is 2.17. The molecule has 1 unspecified atom stereocenters. The lowest BCUT2D eigenvalue weighted by atomic mass is 10.2. The van der Waals surface area contributed by atoms with Gasteiger partial charge >= 0.3 is 0 Å². The molecule has 0 aromatic rings. The number of carbonyl (C=O) groups excluding carboxylic acids is 1. The summed E-state index contributed by atoms with van der Waals surface area (Å²) in [5, 5.41) is 14.8. The van der Waals surface area contributed by atoms with Crippen molar-refractivity contribution in [2.45, 2.75) is 38.6 Å². The molecule has 0 aromatic carbocycles. The minimum Gasteiger partial charge on any atom is -0.396 e. The number of amides is 1. The first kappa shape index (κ1) is 12.5. The summed E-state index contributed by atoms with van der Waals surface area (Å²) >= 11 is 0. The minimum atomic E-state index is 0.0760. The van der Waals surface area contributed by atoms with Crippen LogP contribution in [0.5, 0.6) is 0 Å². The zero-order chi connectivity index (χ0) is 11.1. The Morgan fingerprint density at radius 3 is 2.73 bits per heavy atom. The summed E-state index contributed by atoms with van der Waals surface area (Å²) in [5.41, 5.74) is 0. The summed E-state index contributed by atoms with van der Waals surface area (Å²) in [5.74, 6) is 0.288. The molecule has 0 saturated heterocycles. The van der Waals surface area contributed by atoms with Crippen LogP contribution >= 0.6 is 0 Å². The van der Waals surface area contributed by atoms with E-state index in [-0.39, 0.29) is 18.4 Å². The molecule has 1 fully saturated rings. The van der Waals surface area contributed by atoms with Crippen LogP contribution in [-0.2, 0) is 4.79 Å². The second kappa shape index (κ2) is 6.80. The zero-order valence-electron chi connectivity index (χ0n) is 9.46. The Balaban J connectivity index is 2.02. The summed E-state index contributed by atoms with van der Waals surface area (Å²) in [7, 11) is 0. The molecule has 0 aliphatic heterocycles. The molecule has 1 aliphatic rings. The molecule has 1 saturated carbocycles. The molecule has 0 heterocycles. The van der Waals surface area contributed by atoms with Gasteiger partial charge in [0.15, 0.2) is 0 Å². The van der Waals surface area contributed by atoms with Crippen LogP contribution in [0.1, 0.15) is 32.6 Å².